The van der Waals surface area contributed by atoms with Gasteiger partial charge in [0.2, 0.25) is 0 Å². The van der Waals surface area contributed by atoms with E-state index in [1.807, 2.05) is 6.92 Å². The Hall–Kier alpha value is -0.120. The van der Waals surface area contributed by atoms with E-state index in [9.17, 15) is 5.11 Å². The highest BCUT2D eigenvalue weighted by atomic mass is 16.3. The lowest BCUT2D eigenvalue weighted by atomic mass is 9.93. The Bertz CT molecular complexity index is 79.7. The predicted molar refractivity (Wildman–Crippen MR) is 42.6 cm³/mol. The molecular weight excluding hydrogens is 128 g/mol. The molecule has 0 saturated carbocycles. The Morgan fingerprint density at radius 3 is 1.80 bits per heavy atom. The van der Waals surface area contributed by atoms with Crippen LogP contribution < -0.4 is 11.5 Å². The van der Waals surface area contributed by atoms with Gasteiger partial charge in [-0.3, -0.25) is 0 Å². The number of nitrogens with two attached hydrogens (primary N) is 2. The summed E-state index contributed by atoms with van der Waals surface area (Å²) in [7, 11) is 0. The maximum atomic E-state index is 9.66. The molecule has 3 heteroatoms. The molecule has 0 rings (SSSR count). The Morgan fingerprint density at radius 1 is 1.20 bits per heavy atom. The fourth-order valence-corrected chi connectivity index (χ4v) is 1.02. The van der Waals surface area contributed by atoms with Crippen LogP contribution in [0.2, 0.25) is 0 Å². The average molecular weight is 146 g/mol. The molecule has 3 nitrogen and oxygen atoms in total. The molecule has 0 aliphatic carbocycles. The van der Waals surface area contributed by atoms with Gasteiger partial charge in [-0.1, -0.05) is 6.92 Å². The third-order valence-corrected chi connectivity index (χ3v) is 1.88. The average Bonchev–Trinajstić information content (AvgIpc) is 1.89. The van der Waals surface area contributed by atoms with E-state index in [0.29, 0.717) is 25.9 Å². The van der Waals surface area contributed by atoms with Crippen LogP contribution in [0.25, 0.3) is 0 Å². The molecule has 0 aromatic rings. The number of hydrogen-bond acceptors (Lipinski definition) is 3. The van der Waals surface area contributed by atoms with Crippen LogP contribution in [0, 0.1) is 0 Å². The minimum absolute atomic E-state index is 0.532. The van der Waals surface area contributed by atoms with Crippen molar-refractivity contribution in [3.63, 3.8) is 0 Å². The van der Waals surface area contributed by atoms with Crippen LogP contribution in [0.15, 0.2) is 0 Å². The molecule has 0 fully saturated rings. The molecule has 0 atom stereocenters. The number of aliphatic hydroxyl groups is 1. The Labute approximate surface area is 62.4 Å². The molecule has 0 bridgehead atoms. The van der Waals surface area contributed by atoms with Crippen molar-refractivity contribution in [1.29, 1.82) is 0 Å². The zero-order chi connectivity index (χ0) is 8.04. The van der Waals surface area contributed by atoms with E-state index in [1.165, 1.54) is 0 Å². The van der Waals surface area contributed by atoms with Gasteiger partial charge in [0.25, 0.3) is 0 Å². The molecule has 0 amide bonds. The summed E-state index contributed by atoms with van der Waals surface area (Å²) in [6.07, 6.45) is 2.04. The first-order chi connectivity index (χ1) is 4.68. The van der Waals surface area contributed by atoms with Crippen molar-refractivity contribution in [2.24, 2.45) is 11.5 Å². The third-order valence-electron chi connectivity index (χ3n) is 1.88. The molecule has 0 aliphatic heterocycles. The van der Waals surface area contributed by atoms with Gasteiger partial charge in [0.05, 0.1) is 5.60 Å². The maximum Gasteiger partial charge on any atom is 0.0669 e. The van der Waals surface area contributed by atoms with Crippen molar-refractivity contribution in [1.82, 2.24) is 0 Å². The summed E-state index contributed by atoms with van der Waals surface area (Å²) in [6, 6.07) is 0. The van der Waals surface area contributed by atoms with Crippen LogP contribution in [0.3, 0.4) is 0 Å². The lowest BCUT2D eigenvalue weighted by Gasteiger charge is -2.25. The van der Waals surface area contributed by atoms with Crippen molar-refractivity contribution >= 4 is 0 Å². The molecule has 0 heterocycles. The number of hydrogen-bond donors (Lipinski definition) is 3. The molecule has 0 radical (unpaired) electrons. The molecule has 0 aromatic heterocycles. The Morgan fingerprint density at radius 2 is 1.60 bits per heavy atom. The second-order valence-electron chi connectivity index (χ2n) is 2.66. The lowest BCUT2D eigenvalue weighted by Crippen LogP contribution is -2.33. The molecule has 0 aromatic carbocycles. The van der Waals surface area contributed by atoms with E-state index in [1.54, 1.807) is 0 Å². The largest absolute Gasteiger partial charge is 0.390 e. The van der Waals surface area contributed by atoms with Gasteiger partial charge >= 0.3 is 0 Å². The van der Waals surface area contributed by atoms with Crippen molar-refractivity contribution in [3.8, 4) is 0 Å². The summed E-state index contributed by atoms with van der Waals surface area (Å²) in [5.74, 6) is 0. The summed E-state index contributed by atoms with van der Waals surface area (Å²) in [4.78, 5) is 0. The van der Waals surface area contributed by atoms with Crippen molar-refractivity contribution in [3.05, 3.63) is 0 Å². The maximum absolute atomic E-state index is 9.66. The standard InChI is InChI=1S/C7H18N2O/c1-2-7(10,3-5-8)4-6-9/h10H,2-6,8-9H2,1H3. The van der Waals surface area contributed by atoms with Crippen LogP contribution in [0.5, 0.6) is 0 Å². The molecule has 0 saturated heterocycles. The predicted octanol–water partition coefficient (Wildman–Crippen LogP) is -0.175. The summed E-state index contributed by atoms with van der Waals surface area (Å²) in [5, 5.41) is 9.66. The highest BCUT2D eigenvalue weighted by Crippen LogP contribution is 2.17. The first kappa shape index (κ1) is 9.88. The summed E-state index contributed by atoms with van der Waals surface area (Å²) >= 11 is 0. The first-order valence-corrected chi connectivity index (χ1v) is 3.81. The molecular formula is C7H18N2O. The van der Waals surface area contributed by atoms with Crippen molar-refractivity contribution in [2.75, 3.05) is 13.1 Å². The monoisotopic (exact) mass is 146 g/mol. The normalized spacial score (nSPS) is 12.0. The van der Waals surface area contributed by atoms with Gasteiger partial charge in [-0.25, -0.2) is 0 Å². The van der Waals surface area contributed by atoms with E-state index in [-0.39, 0.29) is 0 Å². The second-order valence-corrected chi connectivity index (χ2v) is 2.66. The minimum atomic E-state index is -0.608. The fraction of sp³-hybridized carbons (Fsp3) is 1.00. The summed E-state index contributed by atoms with van der Waals surface area (Å²) in [6.45, 7) is 3.01. The molecule has 62 valence electrons. The Balaban J connectivity index is 3.69. The molecule has 10 heavy (non-hydrogen) atoms. The topological polar surface area (TPSA) is 72.3 Å². The van der Waals surface area contributed by atoms with Crippen molar-refractivity contribution < 1.29 is 5.11 Å². The lowest BCUT2D eigenvalue weighted by molar-refractivity contribution is 0.0238. The van der Waals surface area contributed by atoms with E-state index >= 15 is 0 Å². The van der Waals surface area contributed by atoms with Crippen LogP contribution in [0.4, 0.5) is 0 Å². The Kier molecular flexibility index (Phi) is 4.60. The van der Waals surface area contributed by atoms with Gasteiger partial charge in [-0.05, 0) is 32.4 Å². The van der Waals surface area contributed by atoms with E-state index < -0.39 is 5.60 Å². The SMILES string of the molecule is CCC(O)(CCN)CCN. The van der Waals surface area contributed by atoms with Crippen LogP contribution in [0.1, 0.15) is 26.2 Å². The van der Waals surface area contributed by atoms with Crippen LogP contribution in [-0.4, -0.2) is 23.8 Å². The first-order valence-electron chi connectivity index (χ1n) is 3.81. The fourth-order valence-electron chi connectivity index (χ4n) is 1.02. The number of rotatable bonds is 5. The summed E-state index contributed by atoms with van der Waals surface area (Å²) < 4.78 is 0. The van der Waals surface area contributed by atoms with E-state index in [0.717, 1.165) is 6.42 Å². The smallest absolute Gasteiger partial charge is 0.0669 e. The summed E-state index contributed by atoms with van der Waals surface area (Å²) in [5.41, 5.74) is 10.0. The van der Waals surface area contributed by atoms with Gasteiger partial charge in [-0.15, -0.1) is 0 Å². The van der Waals surface area contributed by atoms with Gasteiger partial charge in [0.15, 0.2) is 0 Å². The van der Waals surface area contributed by atoms with Gasteiger partial charge in [-0.2, -0.15) is 0 Å². The third kappa shape index (κ3) is 3.15. The molecule has 0 unspecified atom stereocenters. The highest BCUT2D eigenvalue weighted by Gasteiger charge is 2.21. The van der Waals surface area contributed by atoms with Gasteiger partial charge < -0.3 is 16.6 Å². The van der Waals surface area contributed by atoms with Gasteiger partial charge in [0.1, 0.15) is 0 Å². The van der Waals surface area contributed by atoms with E-state index in [4.69, 9.17) is 11.5 Å². The van der Waals surface area contributed by atoms with Crippen molar-refractivity contribution in [2.45, 2.75) is 31.8 Å². The van der Waals surface area contributed by atoms with Crippen LogP contribution in [-0.2, 0) is 0 Å². The zero-order valence-corrected chi connectivity index (χ0v) is 6.64. The van der Waals surface area contributed by atoms with Gasteiger partial charge in [0, 0.05) is 0 Å². The quantitative estimate of drug-likeness (QED) is 0.504. The molecule has 0 aliphatic rings. The van der Waals surface area contributed by atoms with Crippen LogP contribution >= 0.6 is 0 Å². The second kappa shape index (κ2) is 4.66. The van der Waals surface area contributed by atoms with E-state index in [2.05, 4.69) is 0 Å². The minimum Gasteiger partial charge on any atom is -0.390 e. The molecule has 5 N–H and O–H groups in total. The zero-order valence-electron chi connectivity index (χ0n) is 6.64. The molecule has 0 spiro atoms. The highest BCUT2D eigenvalue weighted by molar-refractivity contribution is 4.76.